The first-order valence-corrected chi connectivity index (χ1v) is 9.64. The maximum absolute atomic E-state index is 13.5. The largest absolute Gasteiger partial charge is 0.268 e. The molecule has 0 saturated heterocycles. The van der Waals surface area contributed by atoms with Gasteiger partial charge < -0.3 is 0 Å². The summed E-state index contributed by atoms with van der Waals surface area (Å²) in [6, 6.07) is 8.26. The Morgan fingerprint density at radius 2 is 2.04 bits per heavy atom. The first kappa shape index (κ1) is 16.4. The van der Waals surface area contributed by atoms with Crippen LogP contribution in [0.2, 0.25) is 0 Å². The Morgan fingerprint density at radius 3 is 2.80 bits per heavy atom. The van der Waals surface area contributed by atoms with E-state index in [1.807, 2.05) is 13.1 Å². The van der Waals surface area contributed by atoms with Crippen LogP contribution in [0.1, 0.15) is 38.3 Å². The van der Waals surface area contributed by atoms with Gasteiger partial charge in [-0.15, -0.1) is 5.10 Å². The molecule has 6 heteroatoms. The molecule has 1 aliphatic carbocycles. The number of fused-ring (bicyclic) bond motifs is 4. The highest BCUT2D eigenvalue weighted by molar-refractivity contribution is 7.99. The minimum Gasteiger partial charge on any atom is -0.268 e. The number of benzene rings is 1. The van der Waals surface area contributed by atoms with Gasteiger partial charge in [0, 0.05) is 23.8 Å². The van der Waals surface area contributed by atoms with Crippen LogP contribution in [0.5, 0.6) is 0 Å². The molecular weight excluding hydrogens is 332 g/mol. The summed E-state index contributed by atoms with van der Waals surface area (Å²) in [5.41, 5.74) is 3.70. The summed E-state index contributed by atoms with van der Waals surface area (Å²) in [5.74, 6) is 1.54. The molecule has 0 aliphatic heterocycles. The minimum absolute atomic E-state index is 0.0196. The van der Waals surface area contributed by atoms with E-state index in [4.69, 9.17) is 4.98 Å². The van der Waals surface area contributed by atoms with Crippen LogP contribution in [0.25, 0.3) is 17.0 Å². The molecule has 130 valence electrons. The Balaban J connectivity index is 2.08. The monoisotopic (exact) mass is 354 g/mol. The molecule has 0 amide bonds. The Hall–Kier alpha value is -2.08. The molecule has 5 nitrogen and oxygen atoms in total. The van der Waals surface area contributed by atoms with Crippen molar-refractivity contribution >= 4 is 17.5 Å². The molecule has 0 spiro atoms. The topological polar surface area (TPSA) is 52.2 Å². The molecular formula is C19H22N4OS. The molecule has 0 N–H and O–H groups in total. The molecule has 0 atom stereocenters. The van der Waals surface area contributed by atoms with Gasteiger partial charge in [0.05, 0.1) is 11.3 Å². The Bertz CT molecular complexity index is 1030. The average Bonchev–Trinajstić information content (AvgIpc) is 2.88. The fraction of sp³-hybridized carbons (Fsp3) is 0.421. The van der Waals surface area contributed by atoms with Gasteiger partial charge in [-0.05, 0) is 18.4 Å². The fourth-order valence-corrected chi connectivity index (χ4v) is 4.54. The van der Waals surface area contributed by atoms with Crippen molar-refractivity contribution < 1.29 is 0 Å². The van der Waals surface area contributed by atoms with Crippen molar-refractivity contribution in [1.29, 1.82) is 0 Å². The Labute approximate surface area is 151 Å². The van der Waals surface area contributed by atoms with Gasteiger partial charge >= 0.3 is 0 Å². The number of rotatable bonds is 3. The van der Waals surface area contributed by atoms with E-state index < -0.39 is 0 Å². The number of hydrogen-bond acceptors (Lipinski definition) is 4. The third kappa shape index (κ3) is 2.42. The lowest BCUT2D eigenvalue weighted by molar-refractivity contribution is 0.505. The van der Waals surface area contributed by atoms with Crippen LogP contribution in [-0.2, 0) is 18.9 Å². The molecule has 1 aromatic carbocycles. The molecule has 0 bridgehead atoms. The zero-order valence-corrected chi connectivity index (χ0v) is 15.9. The van der Waals surface area contributed by atoms with Crippen LogP contribution in [0.4, 0.5) is 0 Å². The molecule has 0 unspecified atom stereocenters. The van der Waals surface area contributed by atoms with Crippen LogP contribution in [0.3, 0.4) is 0 Å². The van der Waals surface area contributed by atoms with E-state index in [1.54, 1.807) is 20.8 Å². The van der Waals surface area contributed by atoms with Gasteiger partial charge in [-0.25, -0.2) is 14.1 Å². The number of aromatic nitrogens is 4. The second kappa shape index (κ2) is 5.73. The van der Waals surface area contributed by atoms with Gasteiger partial charge in [0.25, 0.3) is 5.56 Å². The molecule has 3 aromatic rings. The third-order valence-electron chi connectivity index (χ3n) is 4.80. The molecule has 1 aliphatic rings. The first-order valence-electron chi connectivity index (χ1n) is 8.65. The summed E-state index contributed by atoms with van der Waals surface area (Å²) in [6.07, 6.45) is 1.88. The van der Waals surface area contributed by atoms with Gasteiger partial charge in [-0.2, -0.15) is 0 Å². The van der Waals surface area contributed by atoms with Gasteiger partial charge in [-0.1, -0.05) is 56.8 Å². The Kier molecular flexibility index (Phi) is 3.76. The first-order chi connectivity index (χ1) is 11.9. The molecule has 2 aromatic heterocycles. The number of aryl methyl sites for hydroxylation is 1. The predicted molar refractivity (Wildman–Crippen MR) is 101 cm³/mol. The predicted octanol–water partition coefficient (Wildman–Crippen LogP) is 3.43. The van der Waals surface area contributed by atoms with E-state index in [2.05, 4.69) is 44.1 Å². The van der Waals surface area contributed by atoms with Crippen LogP contribution < -0.4 is 5.56 Å². The Morgan fingerprint density at radius 1 is 1.28 bits per heavy atom. The van der Waals surface area contributed by atoms with Gasteiger partial charge in [0.1, 0.15) is 0 Å². The molecule has 0 fully saturated rings. The number of hydrogen-bond donors (Lipinski definition) is 0. The van der Waals surface area contributed by atoms with Gasteiger partial charge in [0.2, 0.25) is 5.78 Å². The average molecular weight is 354 g/mol. The normalized spacial score (nSPS) is 15.2. The van der Waals surface area contributed by atoms with Crippen LogP contribution in [0, 0.1) is 0 Å². The van der Waals surface area contributed by atoms with E-state index in [0.717, 1.165) is 40.6 Å². The van der Waals surface area contributed by atoms with E-state index in [0.29, 0.717) is 5.78 Å². The lowest BCUT2D eigenvalue weighted by atomic mass is 9.72. The second-order valence-corrected chi connectivity index (χ2v) is 8.31. The molecule has 25 heavy (non-hydrogen) atoms. The number of thioether (sulfide) groups is 1. The highest BCUT2D eigenvalue weighted by Crippen LogP contribution is 2.40. The summed E-state index contributed by atoms with van der Waals surface area (Å²) in [5, 5.41) is 5.27. The van der Waals surface area contributed by atoms with Crippen molar-refractivity contribution in [3.05, 3.63) is 45.7 Å². The van der Waals surface area contributed by atoms with Crippen molar-refractivity contribution in [2.24, 2.45) is 7.05 Å². The smallest absolute Gasteiger partial charge is 0.265 e. The van der Waals surface area contributed by atoms with Gasteiger partial charge in [-0.3, -0.25) is 4.79 Å². The fourth-order valence-electron chi connectivity index (χ4n) is 3.68. The second-order valence-electron chi connectivity index (χ2n) is 7.25. The lowest BCUT2D eigenvalue weighted by Gasteiger charge is -2.32. The zero-order chi connectivity index (χ0) is 17.8. The highest BCUT2D eigenvalue weighted by Gasteiger charge is 2.36. The van der Waals surface area contributed by atoms with Crippen molar-refractivity contribution in [3.8, 4) is 11.3 Å². The lowest BCUT2D eigenvalue weighted by Crippen LogP contribution is -2.36. The SMILES string of the molecule is CCCSc1nn(C)c2nc3c(c(=O)n12)C(C)(C)Cc1ccccc1-3. The molecule has 2 heterocycles. The summed E-state index contributed by atoms with van der Waals surface area (Å²) in [7, 11) is 1.85. The summed E-state index contributed by atoms with van der Waals surface area (Å²) in [6.45, 7) is 6.39. The van der Waals surface area contributed by atoms with Crippen molar-refractivity contribution in [2.45, 2.75) is 44.2 Å². The molecule has 4 rings (SSSR count). The highest BCUT2D eigenvalue weighted by atomic mass is 32.2. The maximum Gasteiger partial charge on any atom is 0.265 e. The van der Waals surface area contributed by atoms with Crippen molar-refractivity contribution in [1.82, 2.24) is 19.2 Å². The number of nitrogens with zero attached hydrogens (tertiary/aromatic N) is 4. The summed E-state index contributed by atoms with van der Waals surface area (Å²) in [4.78, 5) is 18.3. The van der Waals surface area contributed by atoms with E-state index in [9.17, 15) is 4.79 Å². The maximum atomic E-state index is 13.5. The van der Waals surface area contributed by atoms with Crippen LogP contribution in [0.15, 0.2) is 34.2 Å². The van der Waals surface area contributed by atoms with Crippen molar-refractivity contribution in [3.63, 3.8) is 0 Å². The van der Waals surface area contributed by atoms with E-state index in [1.165, 1.54) is 5.56 Å². The summed E-state index contributed by atoms with van der Waals surface area (Å²) < 4.78 is 3.40. The van der Waals surface area contributed by atoms with Crippen LogP contribution in [-0.4, -0.2) is 24.9 Å². The third-order valence-corrected chi connectivity index (χ3v) is 5.93. The van der Waals surface area contributed by atoms with E-state index in [-0.39, 0.29) is 11.0 Å². The van der Waals surface area contributed by atoms with E-state index >= 15 is 0 Å². The minimum atomic E-state index is -0.252. The quantitative estimate of drug-likeness (QED) is 0.676. The molecule has 0 saturated carbocycles. The zero-order valence-electron chi connectivity index (χ0n) is 15.0. The standard InChI is InChI=1S/C19H22N4OS/c1-5-10-25-18-21-22(4)17-20-15-13-9-7-6-8-12(13)11-19(2,3)14(15)16(24)23(17)18/h6-9H,5,10-11H2,1-4H3. The van der Waals surface area contributed by atoms with Gasteiger partial charge in [0.15, 0.2) is 5.16 Å². The molecule has 0 radical (unpaired) electrons. The summed E-state index contributed by atoms with van der Waals surface area (Å²) >= 11 is 1.61. The van der Waals surface area contributed by atoms with Crippen LogP contribution >= 0.6 is 11.8 Å². The van der Waals surface area contributed by atoms with Crippen molar-refractivity contribution in [2.75, 3.05) is 5.75 Å².